The van der Waals surface area contributed by atoms with Crippen molar-refractivity contribution in [3.8, 4) is 16.9 Å². The molecule has 0 bridgehead atoms. The van der Waals surface area contributed by atoms with Crippen molar-refractivity contribution in [1.29, 1.82) is 0 Å². The third-order valence-corrected chi connectivity index (χ3v) is 5.97. The lowest BCUT2D eigenvalue weighted by Gasteiger charge is -2.29. The van der Waals surface area contributed by atoms with E-state index in [-0.39, 0.29) is 29.6 Å². The standard InChI is InChI=1S/C21H22F3NO4S/c1-28-19(26)10-13-3-2-4-16(9-13)25-20(27)18-11-15(12-30-18)14-5-7-17(8-6-14)29-21(22,23)24/h5-8,11-13,16H,2-4,9-10H2,1H3,(H,25,27). The van der Waals surface area contributed by atoms with Crippen molar-refractivity contribution in [2.45, 2.75) is 44.5 Å². The number of esters is 1. The second-order valence-electron chi connectivity index (χ2n) is 7.26. The molecule has 1 aliphatic carbocycles. The minimum Gasteiger partial charge on any atom is -0.469 e. The summed E-state index contributed by atoms with van der Waals surface area (Å²) in [4.78, 5) is 24.6. The van der Waals surface area contributed by atoms with Crippen LogP contribution in [0.1, 0.15) is 41.8 Å². The molecule has 5 nitrogen and oxygen atoms in total. The fourth-order valence-corrected chi connectivity index (χ4v) is 4.46. The van der Waals surface area contributed by atoms with Gasteiger partial charge in [-0.05, 0) is 59.9 Å². The van der Waals surface area contributed by atoms with Gasteiger partial charge in [0.1, 0.15) is 5.75 Å². The Morgan fingerprint density at radius 3 is 2.57 bits per heavy atom. The van der Waals surface area contributed by atoms with Gasteiger partial charge >= 0.3 is 12.3 Å². The van der Waals surface area contributed by atoms with Crippen molar-refractivity contribution in [2.75, 3.05) is 7.11 Å². The van der Waals surface area contributed by atoms with Gasteiger partial charge < -0.3 is 14.8 Å². The van der Waals surface area contributed by atoms with Crippen molar-refractivity contribution < 1.29 is 32.2 Å². The Morgan fingerprint density at radius 2 is 1.90 bits per heavy atom. The Bertz CT molecular complexity index is 879. The summed E-state index contributed by atoms with van der Waals surface area (Å²) in [7, 11) is 1.37. The lowest BCUT2D eigenvalue weighted by molar-refractivity contribution is -0.274. The molecular formula is C21H22F3NO4S. The SMILES string of the molecule is COC(=O)CC1CCCC(NC(=O)c2cc(-c3ccc(OC(F)(F)F)cc3)cs2)C1. The molecule has 1 fully saturated rings. The van der Waals surface area contributed by atoms with E-state index in [9.17, 15) is 22.8 Å². The first-order chi connectivity index (χ1) is 14.2. The van der Waals surface area contributed by atoms with E-state index in [1.54, 1.807) is 11.4 Å². The first-order valence-corrected chi connectivity index (χ1v) is 10.4. The number of carbonyl (C=O) groups excluding carboxylic acids is 2. The number of rotatable bonds is 6. The molecule has 162 valence electrons. The van der Waals surface area contributed by atoms with Crippen LogP contribution in [-0.4, -0.2) is 31.4 Å². The Kier molecular flexibility index (Phi) is 7.02. The van der Waals surface area contributed by atoms with Crippen molar-refractivity contribution in [3.05, 3.63) is 40.6 Å². The van der Waals surface area contributed by atoms with Crippen LogP contribution in [0.5, 0.6) is 5.75 Å². The van der Waals surface area contributed by atoms with Crippen molar-refractivity contribution >= 4 is 23.2 Å². The number of benzene rings is 1. The average Bonchev–Trinajstić information content (AvgIpc) is 3.18. The monoisotopic (exact) mass is 441 g/mol. The summed E-state index contributed by atoms with van der Waals surface area (Å²) in [5, 5.41) is 4.82. The van der Waals surface area contributed by atoms with E-state index in [4.69, 9.17) is 4.74 Å². The number of hydrogen-bond acceptors (Lipinski definition) is 5. The number of halogens is 3. The third kappa shape index (κ3) is 6.22. The summed E-state index contributed by atoms with van der Waals surface area (Å²) in [6.07, 6.45) is -0.889. The number of carbonyl (C=O) groups is 2. The molecule has 30 heavy (non-hydrogen) atoms. The highest BCUT2D eigenvalue weighted by Gasteiger charge is 2.31. The highest BCUT2D eigenvalue weighted by atomic mass is 32.1. The molecule has 9 heteroatoms. The van der Waals surface area contributed by atoms with E-state index in [2.05, 4.69) is 10.1 Å². The zero-order chi connectivity index (χ0) is 21.7. The smallest absolute Gasteiger partial charge is 0.469 e. The maximum Gasteiger partial charge on any atom is 0.573 e. The summed E-state index contributed by atoms with van der Waals surface area (Å²) >= 11 is 1.27. The van der Waals surface area contributed by atoms with Gasteiger partial charge in [-0.15, -0.1) is 24.5 Å². The maximum atomic E-state index is 12.6. The van der Waals surface area contributed by atoms with E-state index < -0.39 is 6.36 Å². The predicted octanol–water partition coefficient (Wildman–Crippen LogP) is 5.17. The molecule has 2 atom stereocenters. The molecule has 0 radical (unpaired) electrons. The molecule has 1 saturated carbocycles. The van der Waals surface area contributed by atoms with Crippen molar-refractivity contribution in [3.63, 3.8) is 0 Å². The normalized spacial score (nSPS) is 19.2. The molecule has 1 aromatic carbocycles. The topological polar surface area (TPSA) is 64.6 Å². The first kappa shape index (κ1) is 22.1. The van der Waals surface area contributed by atoms with Gasteiger partial charge in [0, 0.05) is 12.5 Å². The summed E-state index contributed by atoms with van der Waals surface area (Å²) in [5.74, 6) is -0.514. The molecule has 0 aliphatic heterocycles. The van der Waals surface area contributed by atoms with E-state index in [1.165, 1.54) is 42.7 Å². The first-order valence-electron chi connectivity index (χ1n) is 9.56. The number of amides is 1. The largest absolute Gasteiger partial charge is 0.573 e. The van der Waals surface area contributed by atoms with Crippen LogP contribution in [0.3, 0.4) is 0 Å². The quantitative estimate of drug-likeness (QED) is 0.629. The molecule has 1 aromatic heterocycles. The number of alkyl halides is 3. The fourth-order valence-electron chi connectivity index (χ4n) is 3.64. The van der Waals surface area contributed by atoms with E-state index in [0.29, 0.717) is 16.9 Å². The van der Waals surface area contributed by atoms with Crippen molar-refractivity contribution in [1.82, 2.24) is 5.32 Å². The van der Waals surface area contributed by atoms with E-state index in [1.807, 2.05) is 0 Å². The summed E-state index contributed by atoms with van der Waals surface area (Å²) in [6, 6.07) is 7.24. The number of hydrogen-bond donors (Lipinski definition) is 1. The lowest BCUT2D eigenvalue weighted by atomic mass is 9.84. The molecule has 1 aliphatic rings. The lowest BCUT2D eigenvalue weighted by Crippen LogP contribution is -2.38. The molecular weight excluding hydrogens is 419 g/mol. The van der Waals surface area contributed by atoms with Gasteiger partial charge in [0.05, 0.1) is 12.0 Å². The Labute approximate surface area is 176 Å². The van der Waals surface area contributed by atoms with Gasteiger partial charge in [0.15, 0.2) is 0 Å². The Balaban J connectivity index is 1.59. The van der Waals surface area contributed by atoms with E-state index >= 15 is 0 Å². The van der Waals surface area contributed by atoms with Crippen LogP contribution in [-0.2, 0) is 9.53 Å². The van der Waals surface area contributed by atoms with Crippen LogP contribution in [0, 0.1) is 5.92 Å². The highest BCUT2D eigenvalue weighted by Crippen LogP contribution is 2.30. The second-order valence-corrected chi connectivity index (χ2v) is 8.17. The summed E-state index contributed by atoms with van der Waals surface area (Å²) < 4.78 is 45.4. The van der Waals surface area contributed by atoms with Crippen LogP contribution in [0.4, 0.5) is 13.2 Å². The minimum atomic E-state index is -4.73. The highest BCUT2D eigenvalue weighted by molar-refractivity contribution is 7.12. The van der Waals surface area contributed by atoms with E-state index in [0.717, 1.165) is 31.2 Å². The molecule has 2 aromatic rings. The molecule has 1 N–H and O–H groups in total. The number of nitrogens with one attached hydrogen (secondary N) is 1. The second kappa shape index (κ2) is 9.51. The molecule has 1 amide bonds. The Morgan fingerprint density at radius 1 is 1.17 bits per heavy atom. The minimum absolute atomic E-state index is 0.00487. The summed E-state index contributed by atoms with van der Waals surface area (Å²) in [6.45, 7) is 0. The van der Waals surface area contributed by atoms with Crippen LogP contribution in [0.2, 0.25) is 0 Å². The van der Waals surface area contributed by atoms with Gasteiger partial charge in [-0.25, -0.2) is 0 Å². The molecule has 3 rings (SSSR count). The van der Waals surface area contributed by atoms with Gasteiger partial charge in [0.2, 0.25) is 0 Å². The molecule has 0 spiro atoms. The number of ether oxygens (including phenoxy) is 2. The predicted molar refractivity (Wildman–Crippen MR) is 106 cm³/mol. The average molecular weight is 441 g/mol. The maximum absolute atomic E-state index is 12.6. The van der Waals surface area contributed by atoms with Gasteiger partial charge in [-0.3, -0.25) is 9.59 Å². The van der Waals surface area contributed by atoms with Crippen LogP contribution in [0.15, 0.2) is 35.7 Å². The van der Waals surface area contributed by atoms with Crippen LogP contribution >= 0.6 is 11.3 Å². The van der Waals surface area contributed by atoms with Crippen LogP contribution < -0.4 is 10.1 Å². The van der Waals surface area contributed by atoms with Gasteiger partial charge in [-0.2, -0.15) is 0 Å². The molecule has 2 unspecified atom stereocenters. The zero-order valence-corrected chi connectivity index (χ0v) is 17.1. The zero-order valence-electron chi connectivity index (χ0n) is 16.3. The number of methoxy groups -OCH3 is 1. The molecule has 0 saturated heterocycles. The summed E-state index contributed by atoms with van der Waals surface area (Å²) in [5.41, 5.74) is 1.44. The third-order valence-electron chi connectivity index (χ3n) is 5.05. The van der Waals surface area contributed by atoms with Crippen molar-refractivity contribution in [2.24, 2.45) is 5.92 Å². The van der Waals surface area contributed by atoms with Gasteiger partial charge in [-0.1, -0.05) is 18.6 Å². The Hall–Kier alpha value is -2.55. The fraction of sp³-hybridized carbons (Fsp3) is 0.429. The van der Waals surface area contributed by atoms with Gasteiger partial charge in [0.25, 0.3) is 5.91 Å². The molecule has 1 heterocycles. The van der Waals surface area contributed by atoms with Crippen LogP contribution in [0.25, 0.3) is 11.1 Å². The number of thiophene rings is 1.